The van der Waals surface area contributed by atoms with Crippen LogP contribution in [0.5, 0.6) is 0 Å². The second-order valence-electron chi connectivity index (χ2n) is 3.49. The van der Waals surface area contributed by atoms with E-state index in [4.69, 9.17) is 4.74 Å². The van der Waals surface area contributed by atoms with E-state index in [-0.39, 0.29) is 24.6 Å². The van der Waals surface area contributed by atoms with Crippen LogP contribution < -0.4 is 0 Å². The normalized spacial score (nSPS) is 12.5. The van der Waals surface area contributed by atoms with Crippen molar-refractivity contribution in [2.75, 3.05) is 13.2 Å². The number of Topliss-reactive ketones (excluding diaryl/α,β-unsaturated/α-hetero) is 2. The summed E-state index contributed by atoms with van der Waals surface area (Å²) in [6.07, 6.45) is 0.907. The Morgan fingerprint density at radius 1 is 1.40 bits per heavy atom. The third-order valence-corrected chi connectivity index (χ3v) is 2.04. The zero-order valence-corrected chi connectivity index (χ0v) is 9.23. The third-order valence-electron chi connectivity index (χ3n) is 2.04. The van der Waals surface area contributed by atoms with Gasteiger partial charge in [0.25, 0.3) is 0 Å². The molecule has 0 radical (unpaired) electrons. The fraction of sp³-hybridized carbons (Fsp3) is 0.636. The lowest BCUT2D eigenvalue weighted by atomic mass is 9.94. The zero-order chi connectivity index (χ0) is 11.8. The fourth-order valence-corrected chi connectivity index (χ4v) is 1.25. The van der Waals surface area contributed by atoms with Gasteiger partial charge in [-0.3, -0.25) is 9.59 Å². The molecule has 0 saturated carbocycles. The van der Waals surface area contributed by atoms with Crippen molar-refractivity contribution in [1.82, 2.24) is 0 Å². The summed E-state index contributed by atoms with van der Waals surface area (Å²) in [5.41, 5.74) is 0. The summed E-state index contributed by atoms with van der Waals surface area (Å²) in [5.74, 6) is -1.15. The van der Waals surface area contributed by atoms with Gasteiger partial charge in [-0.05, 0) is 20.3 Å². The van der Waals surface area contributed by atoms with Gasteiger partial charge >= 0.3 is 0 Å². The van der Waals surface area contributed by atoms with Crippen LogP contribution in [0.4, 0.5) is 0 Å². The minimum atomic E-state index is -0.789. The van der Waals surface area contributed by atoms with Gasteiger partial charge in [0.2, 0.25) is 0 Å². The van der Waals surface area contributed by atoms with E-state index in [1.165, 1.54) is 13.8 Å². The quantitative estimate of drug-likeness (QED) is 0.367. The molecule has 1 unspecified atom stereocenters. The van der Waals surface area contributed by atoms with Gasteiger partial charge in [-0.25, -0.2) is 0 Å². The van der Waals surface area contributed by atoms with Crippen molar-refractivity contribution in [3.05, 3.63) is 12.7 Å². The second-order valence-corrected chi connectivity index (χ2v) is 3.49. The van der Waals surface area contributed by atoms with Crippen LogP contribution in [0.15, 0.2) is 12.7 Å². The van der Waals surface area contributed by atoms with Crippen molar-refractivity contribution in [3.63, 3.8) is 0 Å². The average molecular weight is 214 g/mol. The van der Waals surface area contributed by atoms with Crippen molar-refractivity contribution in [3.8, 4) is 0 Å². The lowest BCUT2D eigenvalue weighted by Gasteiger charge is -2.15. The molecule has 0 aliphatic rings. The third kappa shape index (κ3) is 6.14. The molecular formula is C11H18O4. The summed E-state index contributed by atoms with van der Waals surface area (Å²) < 4.78 is 5.01. The van der Waals surface area contributed by atoms with Gasteiger partial charge in [-0.15, -0.1) is 6.58 Å². The van der Waals surface area contributed by atoms with Gasteiger partial charge < -0.3 is 9.84 Å². The number of hydrogen-bond acceptors (Lipinski definition) is 4. The summed E-state index contributed by atoms with van der Waals surface area (Å²) in [6, 6.07) is 0. The SMILES string of the molecule is C=CCOCC(O)CC(C(C)=O)C(C)=O. The van der Waals surface area contributed by atoms with Crippen LogP contribution in [0, 0.1) is 5.92 Å². The van der Waals surface area contributed by atoms with Crippen LogP contribution >= 0.6 is 0 Å². The summed E-state index contributed by atoms with van der Waals surface area (Å²) in [6.45, 7) is 6.62. The van der Waals surface area contributed by atoms with E-state index in [1.807, 2.05) is 0 Å². The van der Waals surface area contributed by atoms with Gasteiger partial charge in [0.1, 0.15) is 11.6 Å². The highest BCUT2D eigenvalue weighted by Crippen LogP contribution is 2.10. The van der Waals surface area contributed by atoms with Crippen LogP contribution in [0.3, 0.4) is 0 Å². The first-order valence-electron chi connectivity index (χ1n) is 4.86. The van der Waals surface area contributed by atoms with Crippen molar-refractivity contribution in [2.45, 2.75) is 26.4 Å². The number of aliphatic hydroxyl groups excluding tert-OH is 1. The van der Waals surface area contributed by atoms with E-state index in [9.17, 15) is 14.7 Å². The van der Waals surface area contributed by atoms with E-state index < -0.39 is 12.0 Å². The Morgan fingerprint density at radius 2 is 1.93 bits per heavy atom. The van der Waals surface area contributed by atoms with Crippen LogP contribution in [-0.4, -0.2) is 36.0 Å². The molecule has 0 aromatic rings. The maximum Gasteiger partial charge on any atom is 0.140 e. The van der Waals surface area contributed by atoms with E-state index in [0.717, 1.165) is 0 Å². The van der Waals surface area contributed by atoms with Gasteiger partial charge in [0.05, 0.1) is 25.2 Å². The number of ketones is 2. The number of ether oxygens (including phenoxy) is 1. The zero-order valence-electron chi connectivity index (χ0n) is 9.23. The monoisotopic (exact) mass is 214 g/mol. The lowest BCUT2D eigenvalue weighted by molar-refractivity contribution is -0.132. The maximum absolute atomic E-state index is 11.1. The van der Waals surface area contributed by atoms with Crippen LogP contribution in [0.1, 0.15) is 20.3 Å². The molecule has 4 heteroatoms. The molecule has 0 amide bonds. The molecule has 0 aromatic heterocycles. The molecule has 0 aromatic carbocycles. The molecule has 0 heterocycles. The first kappa shape index (κ1) is 14.0. The molecule has 1 atom stereocenters. The van der Waals surface area contributed by atoms with Crippen molar-refractivity contribution < 1.29 is 19.4 Å². The van der Waals surface area contributed by atoms with Crippen LogP contribution in [0.25, 0.3) is 0 Å². The average Bonchev–Trinajstić information content (AvgIpc) is 2.13. The number of aliphatic hydroxyl groups is 1. The largest absolute Gasteiger partial charge is 0.391 e. The van der Waals surface area contributed by atoms with Crippen molar-refractivity contribution >= 4 is 11.6 Å². The number of hydrogen-bond donors (Lipinski definition) is 1. The molecule has 0 fully saturated rings. The number of rotatable bonds is 8. The van der Waals surface area contributed by atoms with Gasteiger partial charge in [0, 0.05) is 0 Å². The van der Waals surface area contributed by atoms with E-state index in [0.29, 0.717) is 6.61 Å². The fourth-order valence-electron chi connectivity index (χ4n) is 1.25. The minimum absolute atomic E-state index is 0.114. The highest BCUT2D eigenvalue weighted by molar-refractivity contribution is 6.00. The molecule has 1 N–H and O–H groups in total. The second kappa shape index (κ2) is 7.31. The Morgan fingerprint density at radius 3 is 2.33 bits per heavy atom. The van der Waals surface area contributed by atoms with E-state index in [2.05, 4.69) is 6.58 Å². The van der Waals surface area contributed by atoms with Crippen LogP contribution in [-0.2, 0) is 14.3 Å². The molecule has 4 nitrogen and oxygen atoms in total. The molecule has 0 aliphatic heterocycles. The Kier molecular flexibility index (Phi) is 6.83. The molecule has 0 bridgehead atoms. The molecular weight excluding hydrogens is 196 g/mol. The smallest absolute Gasteiger partial charge is 0.140 e. The Hall–Kier alpha value is -1.00. The van der Waals surface area contributed by atoms with Crippen molar-refractivity contribution in [2.24, 2.45) is 5.92 Å². The Bertz CT molecular complexity index is 221. The molecule has 86 valence electrons. The first-order valence-corrected chi connectivity index (χ1v) is 4.86. The maximum atomic E-state index is 11.1. The molecule has 0 aliphatic carbocycles. The number of carbonyl (C=O) groups is 2. The molecule has 0 spiro atoms. The predicted molar refractivity (Wildman–Crippen MR) is 56.5 cm³/mol. The van der Waals surface area contributed by atoms with Gasteiger partial charge in [-0.2, -0.15) is 0 Å². The molecule has 0 saturated heterocycles. The Labute approximate surface area is 89.9 Å². The molecule has 0 rings (SSSR count). The summed E-state index contributed by atoms with van der Waals surface area (Å²) in [7, 11) is 0. The first-order chi connectivity index (χ1) is 6.99. The van der Waals surface area contributed by atoms with Gasteiger partial charge in [-0.1, -0.05) is 6.08 Å². The summed E-state index contributed by atoms with van der Waals surface area (Å²) >= 11 is 0. The topological polar surface area (TPSA) is 63.6 Å². The number of carbonyl (C=O) groups excluding carboxylic acids is 2. The van der Waals surface area contributed by atoms with Crippen molar-refractivity contribution in [1.29, 1.82) is 0 Å². The highest BCUT2D eigenvalue weighted by atomic mass is 16.5. The Balaban J connectivity index is 4.00. The minimum Gasteiger partial charge on any atom is -0.391 e. The van der Waals surface area contributed by atoms with Gasteiger partial charge in [0.15, 0.2) is 0 Å². The van der Waals surface area contributed by atoms with Crippen LogP contribution in [0.2, 0.25) is 0 Å². The van der Waals surface area contributed by atoms with E-state index in [1.54, 1.807) is 6.08 Å². The highest BCUT2D eigenvalue weighted by Gasteiger charge is 2.22. The summed E-state index contributed by atoms with van der Waals surface area (Å²) in [5, 5.41) is 9.48. The van der Waals surface area contributed by atoms with E-state index >= 15 is 0 Å². The summed E-state index contributed by atoms with van der Waals surface area (Å²) in [4.78, 5) is 22.1. The molecule has 15 heavy (non-hydrogen) atoms. The predicted octanol–water partition coefficient (Wildman–Crippen LogP) is 0.734. The standard InChI is InChI=1S/C11H18O4/c1-4-5-15-7-10(14)6-11(8(2)12)9(3)13/h4,10-11,14H,1,5-7H2,2-3H3. The lowest BCUT2D eigenvalue weighted by Crippen LogP contribution is -2.27.